The molecular formula is C10H13FN2O5S2. The highest BCUT2D eigenvalue weighted by Crippen LogP contribution is 2.20. The summed E-state index contributed by atoms with van der Waals surface area (Å²) >= 11 is 0. The first-order valence-electron chi connectivity index (χ1n) is 5.47. The molecule has 20 heavy (non-hydrogen) atoms. The first-order valence-corrected chi connectivity index (χ1v) is 8.68. The maximum Gasteiger partial charge on any atom is 0.304 e. The Morgan fingerprint density at radius 2 is 2.10 bits per heavy atom. The molecule has 112 valence electrons. The van der Waals surface area contributed by atoms with E-state index < -0.39 is 42.1 Å². The zero-order valence-electron chi connectivity index (χ0n) is 10.5. The number of nitro groups is 1. The summed E-state index contributed by atoms with van der Waals surface area (Å²) in [5, 5.41) is 10.4. The number of hydrogen-bond donors (Lipinski definition) is 1. The van der Waals surface area contributed by atoms with Crippen LogP contribution in [0.3, 0.4) is 0 Å². The number of sulfonamides is 1. The molecule has 1 unspecified atom stereocenters. The average molecular weight is 324 g/mol. The van der Waals surface area contributed by atoms with Gasteiger partial charge in [-0.25, -0.2) is 13.1 Å². The van der Waals surface area contributed by atoms with Gasteiger partial charge in [-0.15, -0.1) is 0 Å². The Bertz CT molecular complexity index is 633. The van der Waals surface area contributed by atoms with E-state index in [4.69, 9.17) is 0 Å². The molecule has 0 aliphatic heterocycles. The highest BCUT2D eigenvalue weighted by atomic mass is 32.2. The number of rotatable bonds is 7. The molecule has 0 fully saturated rings. The van der Waals surface area contributed by atoms with Crippen molar-refractivity contribution >= 4 is 26.5 Å². The number of halogens is 1. The molecule has 0 saturated carbocycles. The van der Waals surface area contributed by atoms with E-state index >= 15 is 0 Å². The van der Waals surface area contributed by atoms with E-state index in [1.165, 1.54) is 6.26 Å². The fourth-order valence-electron chi connectivity index (χ4n) is 1.37. The third-order valence-electron chi connectivity index (χ3n) is 2.33. The molecular weight excluding hydrogens is 311 g/mol. The largest absolute Gasteiger partial charge is 0.304 e. The van der Waals surface area contributed by atoms with Crippen LogP contribution in [0.15, 0.2) is 23.1 Å². The molecule has 0 saturated heterocycles. The van der Waals surface area contributed by atoms with Gasteiger partial charge in [0.1, 0.15) is 0 Å². The van der Waals surface area contributed by atoms with Gasteiger partial charge in [-0.05, 0) is 12.5 Å². The Balaban J connectivity index is 2.80. The molecule has 0 aliphatic carbocycles. The molecule has 1 aromatic carbocycles. The maximum absolute atomic E-state index is 13.4. The van der Waals surface area contributed by atoms with E-state index in [0.29, 0.717) is 18.2 Å². The van der Waals surface area contributed by atoms with Crippen LogP contribution < -0.4 is 4.72 Å². The van der Waals surface area contributed by atoms with E-state index in [1.54, 1.807) is 0 Å². The van der Waals surface area contributed by atoms with Crippen molar-refractivity contribution in [1.82, 2.24) is 4.72 Å². The van der Waals surface area contributed by atoms with Crippen molar-refractivity contribution < 1.29 is 21.9 Å². The predicted molar refractivity (Wildman–Crippen MR) is 71.8 cm³/mol. The molecule has 0 amide bonds. The van der Waals surface area contributed by atoms with Gasteiger partial charge in [0, 0.05) is 41.5 Å². The zero-order valence-corrected chi connectivity index (χ0v) is 12.2. The van der Waals surface area contributed by atoms with Crippen LogP contribution in [0.5, 0.6) is 0 Å². The van der Waals surface area contributed by atoms with Gasteiger partial charge < -0.3 is 0 Å². The summed E-state index contributed by atoms with van der Waals surface area (Å²) in [6.07, 6.45) is 1.87. The van der Waals surface area contributed by atoms with Crippen LogP contribution >= 0.6 is 0 Å². The summed E-state index contributed by atoms with van der Waals surface area (Å²) in [7, 11) is -4.95. The van der Waals surface area contributed by atoms with Gasteiger partial charge in [0.2, 0.25) is 15.8 Å². The van der Waals surface area contributed by atoms with Crippen molar-refractivity contribution in [2.75, 3.05) is 18.6 Å². The van der Waals surface area contributed by atoms with Crippen LogP contribution in [0.4, 0.5) is 10.1 Å². The topological polar surface area (TPSA) is 106 Å². The zero-order chi connectivity index (χ0) is 15.3. The molecule has 7 nitrogen and oxygen atoms in total. The molecule has 0 bridgehead atoms. The first-order chi connectivity index (χ1) is 9.24. The summed E-state index contributed by atoms with van der Waals surface area (Å²) in [4.78, 5) is 9.10. The Morgan fingerprint density at radius 1 is 1.45 bits per heavy atom. The van der Waals surface area contributed by atoms with Gasteiger partial charge in [-0.1, -0.05) is 0 Å². The SMILES string of the molecule is CS(=O)CCCNS(=O)(=O)c1ccc([N+](=O)[O-])c(F)c1. The second-order valence-corrected chi connectivity index (χ2v) is 7.22. The Hall–Kier alpha value is -1.39. The highest BCUT2D eigenvalue weighted by Gasteiger charge is 2.20. The summed E-state index contributed by atoms with van der Waals surface area (Å²) in [5.41, 5.74) is -0.787. The van der Waals surface area contributed by atoms with Crippen molar-refractivity contribution in [1.29, 1.82) is 0 Å². The van der Waals surface area contributed by atoms with E-state index in [0.717, 1.165) is 12.1 Å². The standard InChI is InChI=1S/C10H13FN2O5S2/c1-19(16)6-2-5-12-20(17,18)8-3-4-10(13(14)15)9(11)7-8/h3-4,7,12H,2,5-6H2,1H3. The highest BCUT2D eigenvalue weighted by molar-refractivity contribution is 7.89. The summed E-state index contributed by atoms with van der Waals surface area (Å²) in [6, 6.07) is 2.35. The monoisotopic (exact) mass is 324 g/mol. The van der Waals surface area contributed by atoms with E-state index in [1.807, 2.05) is 0 Å². The molecule has 0 spiro atoms. The molecule has 1 N–H and O–H groups in total. The van der Waals surface area contributed by atoms with Gasteiger partial charge >= 0.3 is 5.69 Å². The smallest absolute Gasteiger partial charge is 0.260 e. The van der Waals surface area contributed by atoms with Crippen LogP contribution in [-0.2, 0) is 20.8 Å². The molecule has 0 aliphatic rings. The van der Waals surface area contributed by atoms with Gasteiger partial charge in [-0.3, -0.25) is 14.3 Å². The number of nitrogens with one attached hydrogen (secondary N) is 1. The third-order valence-corrected chi connectivity index (χ3v) is 4.65. The van der Waals surface area contributed by atoms with Gasteiger partial charge in [0.15, 0.2) is 0 Å². The molecule has 1 atom stereocenters. The number of hydrogen-bond acceptors (Lipinski definition) is 5. The Kier molecular flexibility index (Phi) is 5.72. The third kappa shape index (κ3) is 4.62. The Morgan fingerprint density at radius 3 is 2.60 bits per heavy atom. The fraction of sp³-hybridized carbons (Fsp3) is 0.400. The summed E-state index contributed by atoms with van der Waals surface area (Å²) < 4.78 is 49.9. The van der Waals surface area contributed by atoms with Crippen molar-refractivity contribution in [3.05, 3.63) is 34.1 Å². The van der Waals surface area contributed by atoms with Crippen LogP contribution in [0, 0.1) is 15.9 Å². The number of nitro benzene ring substituents is 1. The second kappa shape index (κ2) is 6.86. The second-order valence-electron chi connectivity index (χ2n) is 3.90. The number of nitrogens with zero attached hydrogens (tertiary/aromatic N) is 1. The molecule has 0 aromatic heterocycles. The first kappa shape index (κ1) is 16.7. The molecule has 10 heteroatoms. The van der Waals surface area contributed by atoms with Crippen LogP contribution in [0.25, 0.3) is 0 Å². The van der Waals surface area contributed by atoms with Gasteiger partial charge in [0.05, 0.1) is 9.82 Å². The summed E-state index contributed by atoms with van der Waals surface area (Å²) in [6.45, 7) is 0.0561. The minimum absolute atomic E-state index is 0.0561. The lowest BCUT2D eigenvalue weighted by Gasteiger charge is -2.06. The van der Waals surface area contributed by atoms with Gasteiger partial charge in [0.25, 0.3) is 0 Å². The number of benzene rings is 1. The summed E-state index contributed by atoms with van der Waals surface area (Å²) in [5.74, 6) is -0.871. The van der Waals surface area contributed by atoms with Crippen LogP contribution in [0.2, 0.25) is 0 Å². The van der Waals surface area contributed by atoms with E-state index in [9.17, 15) is 27.1 Å². The minimum atomic E-state index is -3.93. The van der Waals surface area contributed by atoms with Gasteiger partial charge in [-0.2, -0.15) is 4.39 Å². The Labute approximate surface area is 117 Å². The lowest BCUT2D eigenvalue weighted by Crippen LogP contribution is -2.25. The van der Waals surface area contributed by atoms with Crippen molar-refractivity contribution in [2.45, 2.75) is 11.3 Å². The van der Waals surface area contributed by atoms with E-state index in [2.05, 4.69) is 4.72 Å². The predicted octanol–water partition coefficient (Wildman–Crippen LogP) is 0.781. The normalized spacial score (nSPS) is 13.1. The average Bonchev–Trinajstić information content (AvgIpc) is 2.34. The molecule has 1 aromatic rings. The van der Waals surface area contributed by atoms with E-state index in [-0.39, 0.29) is 6.54 Å². The fourth-order valence-corrected chi connectivity index (χ4v) is 3.00. The lowest BCUT2D eigenvalue weighted by atomic mass is 10.3. The lowest BCUT2D eigenvalue weighted by molar-refractivity contribution is -0.387. The van der Waals surface area contributed by atoms with Crippen LogP contribution in [0.1, 0.15) is 6.42 Å². The quantitative estimate of drug-likeness (QED) is 0.453. The minimum Gasteiger partial charge on any atom is -0.260 e. The molecule has 1 rings (SSSR count). The molecule has 0 heterocycles. The molecule has 0 radical (unpaired) electrons. The van der Waals surface area contributed by atoms with Crippen molar-refractivity contribution in [3.63, 3.8) is 0 Å². The maximum atomic E-state index is 13.4. The van der Waals surface area contributed by atoms with Crippen LogP contribution in [-0.4, -0.2) is 36.1 Å². The van der Waals surface area contributed by atoms with Crippen molar-refractivity contribution in [3.8, 4) is 0 Å². The van der Waals surface area contributed by atoms with Crippen molar-refractivity contribution in [2.24, 2.45) is 0 Å².